The Kier molecular flexibility index (Phi) is 10.1. The molecule has 9 nitrogen and oxygen atoms in total. The number of benzene rings is 1. The maximum Gasteiger partial charge on any atom is 0.490 e. The van der Waals surface area contributed by atoms with E-state index in [1.54, 1.807) is 20.8 Å². The van der Waals surface area contributed by atoms with Gasteiger partial charge in [-0.3, -0.25) is 9.58 Å². The van der Waals surface area contributed by atoms with Gasteiger partial charge >= 0.3 is 19.4 Å². The van der Waals surface area contributed by atoms with Gasteiger partial charge in [0.15, 0.2) is 8.32 Å². The first kappa shape index (κ1) is 40.6. The first-order valence-electron chi connectivity index (χ1n) is 18.1. The predicted octanol–water partition coefficient (Wildman–Crippen LogP) is 9.64. The van der Waals surface area contributed by atoms with Crippen molar-refractivity contribution in [2.24, 2.45) is 0 Å². The third-order valence-electron chi connectivity index (χ3n) is 11.4. The summed E-state index contributed by atoms with van der Waals surface area (Å²) in [5, 5.41) is 3.65. The van der Waals surface area contributed by atoms with Gasteiger partial charge in [0.25, 0.3) is 0 Å². The van der Waals surface area contributed by atoms with Crippen LogP contribution in [0.1, 0.15) is 114 Å². The van der Waals surface area contributed by atoms with Crippen molar-refractivity contribution in [2.45, 2.75) is 167 Å². The van der Waals surface area contributed by atoms with E-state index in [1.807, 2.05) is 47.6 Å². The molecule has 1 saturated heterocycles. The molecule has 0 bridgehead atoms. The fraction of sp³-hybridized carbons (Fsp3) is 0.730. The Balaban J connectivity index is 1.43. The summed E-state index contributed by atoms with van der Waals surface area (Å²) in [5.41, 5.74) is -3.15. The molecule has 5 rings (SSSR count). The molecule has 52 heavy (non-hydrogen) atoms. The molecule has 1 aliphatic carbocycles. The number of aromatic nitrogens is 2. The Morgan fingerprint density at radius 2 is 1.60 bits per heavy atom. The Hall–Kier alpha value is -2.62. The molecule has 2 aliphatic heterocycles. The summed E-state index contributed by atoms with van der Waals surface area (Å²) < 4.78 is 91.9. The molecular formula is C37H56BF4N3O6Si. The van der Waals surface area contributed by atoms with E-state index in [0.29, 0.717) is 12.8 Å². The van der Waals surface area contributed by atoms with Crippen molar-refractivity contribution in [2.75, 3.05) is 6.61 Å². The molecule has 3 heterocycles. The summed E-state index contributed by atoms with van der Waals surface area (Å²) in [7, 11) is -2.85. The van der Waals surface area contributed by atoms with Gasteiger partial charge in [0.2, 0.25) is 5.95 Å². The highest BCUT2D eigenvalue weighted by molar-refractivity contribution is 6.74. The topological polar surface area (TPSA) is 84.3 Å². The Labute approximate surface area is 307 Å². The first-order chi connectivity index (χ1) is 23.4. The van der Waals surface area contributed by atoms with Crippen molar-refractivity contribution in [3.63, 3.8) is 0 Å². The summed E-state index contributed by atoms with van der Waals surface area (Å²) in [6, 6.07) is 0.515. The van der Waals surface area contributed by atoms with Crippen LogP contribution in [0.15, 0.2) is 23.7 Å². The zero-order chi connectivity index (χ0) is 39.2. The van der Waals surface area contributed by atoms with E-state index < -0.39 is 79.7 Å². The predicted molar refractivity (Wildman–Crippen MR) is 195 cm³/mol. The number of ether oxygens (including phenoxy) is 2. The molecule has 15 heteroatoms. The highest BCUT2D eigenvalue weighted by atomic mass is 28.4. The molecule has 1 amide bonds. The van der Waals surface area contributed by atoms with Crippen LogP contribution in [-0.4, -0.2) is 77.3 Å². The van der Waals surface area contributed by atoms with Crippen LogP contribution >= 0.6 is 0 Å². The van der Waals surface area contributed by atoms with Gasteiger partial charge in [-0.1, -0.05) is 26.8 Å². The molecule has 290 valence electrons. The smallest absolute Gasteiger partial charge is 0.490 e. The van der Waals surface area contributed by atoms with E-state index in [9.17, 15) is 18.0 Å². The second-order valence-corrected chi connectivity index (χ2v) is 23.3. The second kappa shape index (κ2) is 13.0. The van der Waals surface area contributed by atoms with Gasteiger partial charge in [0.05, 0.1) is 51.4 Å². The first-order valence-corrected chi connectivity index (χ1v) is 21.0. The van der Waals surface area contributed by atoms with E-state index in [4.69, 9.17) is 23.2 Å². The molecular weight excluding hydrogens is 697 g/mol. The normalized spacial score (nSPS) is 26.7. The number of hydrogen-bond donors (Lipinski definition) is 0. The van der Waals surface area contributed by atoms with Crippen molar-refractivity contribution < 1.29 is 45.6 Å². The molecule has 1 aromatic heterocycles. The lowest BCUT2D eigenvalue weighted by atomic mass is 9.72. The van der Waals surface area contributed by atoms with E-state index >= 15 is 4.39 Å². The van der Waals surface area contributed by atoms with E-state index in [2.05, 4.69) is 39.0 Å². The van der Waals surface area contributed by atoms with Crippen LogP contribution in [0.5, 0.6) is 5.75 Å². The zero-order valence-electron chi connectivity index (χ0n) is 33.2. The summed E-state index contributed by atoms with van der Waals surface area (Å²) in [4.78, 5) is 15.0. The number of amides is 1. The average Bonchev–Trinajstić information content (AvgIpc) is 3.37. The number of nitrogens with zero attached hydrogens (tertiary/aromatic N) is 3. The van der Waals surface area contributed by atoms with Gasteiger partial charge in [0.1, 0.15) is 18.0 Å². The lowest BCUT2D eigenvalue weighted by Gasteiger charge is -2.51. The highest BCUT2D eigenvalue weighted by Gasteiger charge is 2.54. The number of carbonyl (C=O) groups excluding carboxylic acids is 1. The summed E-state index contributed by atoms with van der Waals surface area (Å²) >= 11 is 0. The van der Waals surface area contributed by atoms with E-state index in [0.717, 1.165) is 11.5 Å². The Morgan fingerprint density at radius 3 is 2.12 bits per heavy atom. The van der Waals surface area contributed by atoms with Crippen molar-refractivity contribution >= 4 is 32.4 Å². The quantitative estimate of drug-likeness (QED) is 0.206. The zero-order valence-corrected chi connectivity index (χ0v) is 34.2. The third kappa shape index (κ3) is 7.93. The van der Waals surface area contributed by atoms with Gasteiger partial charge in [-0.05, 0) is 117 Å². The number of carbonyl (C=O) groups is 1. The van der Waals surface area contributed by atoms with Gasteiger partial charge in [-0.2, -0.15) is 17.6 Å². The highest BCUT2D eigenvalue weighted by Crippen LogP contribution is 2.51. The van der Waals surface area contributed by atoms with Gasteiger partial charge in [0, 0.05) is 0 Å². The van der Waals surface area contributed by atoms with Gasteiger partial charge in [-0.25, -0.2) is 4.79 Å². The Bertz CT molecular complexity index is 1710. The monoisotopic (exact) mass is 753 g/mol. The molecule has 1 saturated carbocycles. The number of rotatable bonds is 7. The fourth-order valence-corrected chi connectivity index (χ4v) is 8.73. The number of hydrogen-bond acceptors (Lipinski definition) is 7. The minimum absolute atomic E-state index is 0.0468. The number of halogens is 4. The lowest BCUT2D eigenvalue weighted by Crippen LogP contribution is -2.54. The van der Waals surface area contributed by atoms with Crippen LogP contribution in [0.4, 0.5) is 22.4 Å². The van der Waals surface area contributed by atoms with Crippen molar-refractivity contribution in [1.82, 2.24) is 14.7 Å². The molecule has 3 aliphatic rings. The van der Waals surface area contributed by atoms with E-state index in [-0.39, 0.29) is 34.7 Å². The molecule has 2 atom stereocenters. The standard InChI is InChI=1S/C37H56BF4N3O6Si/c1-22-15-23(38-49-34(8,9)35(10,11)50-38)16-24(44(22)31(46)48-32(2,3)4)21-47-26-17-27-29(28(18-26)37(40,41)42)45(43-30(27)39)25-19-36(12,20-25)51-52(13,14)33(5,6)7/h15,17-18,22,24-25H,16,19-21H2,1-14H3/t22-,24-,25?,36?/m0/s1. The molecule has 0 N–H and O–H groups in total. The number of alkyl halides is 3. The molecule has 0 radical (unpaired) electrons. The minimum atomic E-state index is -4.83. The van der Waals surface area contributed by atoms with Crippen LogP contribution in [0.3, 0.4) is 0 Å². The minimum Gasteiger partial charge on any atom is -0.491 e. The largest absolute Gasteiger partial charge is 0.491 e. The van der Waals surface area contributed by atoms with Crippen LogP contribution in [0.2, 0.25) is 18.1 Å². The summed E-state index contributed by atoms with van der Waals surface area (Å²) in [6.45, 7) is 27.3. The SMILES string of the molecule is C[C@H]1C=C(B2OC(C)(C)C(C)(C)O2)C[C@@H](COc2cc(C(F)(F)F)c3c(c2)c(F)nn3C2CC(C)(O[Si](C)(C)C(C)(C)C)C2)N1C(=O)OC(C)(C)C. The molecule has 0 unspecified atom stereocenters. The van der Waals surface area contributed by atoms with Crippen LogP contribution < -0.4 is 4.74 Å². The van der Waals surface area contributed by atoms with Crippen molar-refractivity contribution in [1.29, 1.82) is 0 Å². The van der Waals surface area contributed by atoms with Gasteiger partial charge in [-0.15, -0.1) is 5.10 Å². The van der Waals surface area contributed by atoms with E-state index in [1.165, 1.54) is 15.6 Å². The molecule has 1 aromatic carbocycles. The third-order valence-corrected chi connectivity index (χ3v) is 16.0. The maximum atomic E-state index is 15.5. The Morgan fingerprint density at radius 1 is 1.02 bits per heavy atom. The fourth-order valence-electron chi connectivity index (χ4n) is 7.03. The maximum absolute atomic E-state index is 15.5. The lowest BCUT2D eigenvalue weighted by molar-refractivity contribution is -0.136. The second-order valence-electron chi connectivity index (χ2n) is 18.6. The summed E-state index contributed by atoms with van der Waals surface area (Å²) in [5.74, 6) is -1.21. The molecule has 0 spiro atoms. The van der Waals surface area contributed by atoms with Crippen LogP contribution in [-0.2, 0) is 24.6 Å². The van der Waals surface area contributed by atoms with Crippen molar-refractivity contribution in [3.8, 4) is 5.75 Å². The molecule has 2 aromatic rings. The summed E-state index contributed by atoms with van der Waals surface area (Å²) in [6.07, 6.45) is -2.47. The van der Waals surface area contributed by atoms with Crippen molar-refractivity contribution in [3.05, 3.63) is 35.2 Å². The van der Waals surface area contributed by atoms with Gasteiger partial charge < -0.3 is 23.2 Å². The average molecular weight is 754 g/mol. The molecule has 2 fully saturated rings. The van der Waals surface area contributed by atoms with Crippen LogP contribution in [0.25, 0.3) is 10.9 Å². The number of fused-ring (bicyclic) bond motifs is 1. The van der Waals surface area contributed by atoms with Crippen LogP contribution in [0, 0.1) is 5.95 Å².